The molecule has 0 aromatic carbocycles. The average Bonchev–Trinajstić information content (AvgIpc) is 3.18. The Balaban J connectivity index is 3.68. The molecule has 2 atom stereocenters. The van der Waals surface area contributed by atoms with Crippen molar-refractivity contribution >= 4 is 5.91 Å². The maximum Gasteiger partial charge on any atom is 0.220 e. The van der Waals surface area contributed by atoms with E-state index in [0.717, 1.165) is 89.9 Å². The molecule has 1 amide bonds. The highest BCUT2D eigenvalue weighted by Crippen LogP contribution is 2.12. The molecule has 54 heavy (non-hydrogen) atoms. The van der Waals surface area contributed by atoms with E-state index in [1.54, 1.807) is 6.08 Å². The lowest BCUT2D eigenvalue weighted by Gasteiger charge is -2.20. The predicted molar refractivity (Wildman–Crippen MR) is 239 cm³/mol. The van der Waals surface area contributed by atoms with E-state index in [2.05, 4.69) is 116 Å². The summed E-state index contributed by atoms with van der Waals surface area (Å²) in [5, 5.41) is 22.9. The van der Waals surface area contributed by atoms with Crippen LogP contribution >= 0.6 is 0 Å². The van der Waals surface area contributed by atoms with E-state index in [0.29, 0.717) is 6.42 Å². The summed E-state index contributed by atoms with van der Waals surface area (Å²) in [6.07, 6.45) is 67.6. The molecule has 0 spiro atoms. The zero-order chi connectivity index (χ0) is 39.3. The monoisotopic (exact) mass is 746 g/mol. The Hall–Kier alpha value is -2.95. The normalized spacial score (nSPS) is 14.1. The largest absolute Gasteiger partial charge is 0.394 e. The van der Waals surface area contributed by atoms with E-state index in [-0.39, 0.29) is 12.5 Å². The molecule has 0 aliphatic heterocycles. The summed E-state index contributed by atoms with van der Waals surface area (Å²) in [5.74, 6) is -0.0861. The number of aliphatic hydroxyl groups is 2. The highest BCUT2D eigenvalue weighted by Gasteiger charge is 2.17. The number of hydrogen-bond donors (Lipinski definition) is 3. The molecule has 0 rings (SSSR count). The van der Waals surface area contributed by atoms with Gasteiger partial charge in [0.15, 0.2) is 0 Å². The number of aliphatic hydroxyl groups excluding tert-OH is 2. The molecule has 0 aliphatic rings. The van der Waals surface area contributed by atoms with Crippen LogP contribution in [0.4, 0.5) is 0 Å². The van der Waals surface area contributed by atoms with Crippen LogP contribution in [0.1, 0.15) is 181 Å². The fraction of sp³-hybridized carbons (Fsp3) is 0.620. The molecule has 4 heteroatoms. The number of unbranched alkanes of at least 4 members (excludes halogenated alkanes) is 15. The van der Waals surface area contributed by atoms with Gasteiger partial charge in [0, 0.05) is 6.42 Å². The molecule has 0 aromatic rings. The van der Waals surface area contributed by atoms with Crippen molar-refractivity contribution in [1.29, 1.82) is 0 Å². The van der Waals surface area contributed by atoms with Gasteiger partial charge in [0.2, 0.25) is 5.91 Å². The summed E-state index contributed by atoms with van der Waals surface area (Å²) in [6, 6.07) is -0.636. The van der Waals surface area contributed by atoms with Gasteiger partial charge in [-0.1, -0.05) is 200 Å². The molecular formula is C50H83NO3. The fourth-order valence-electron chi connectivity index (χ4n) is 5.90. The van der Waals surface area contributed by atoms with Gasteiger partial charge in [0.1, 0.15) is 0 Å². The van der Waals surface area contributed by atoms with Crippen LogP contribution in [-0.4, -0.2) is 34.9 Å². The van der Waals surface area contributed by atoms with E-state index in [1.807, 2.05) is 6.08 Å². The summed E-state index contributed by atoms with van der Waals surface area (Å²) >= 11 is 0. The third-order valence-corrected chi connectivity index (χ3v) is 9.26. The molecule has 4 nitrogen and oxygen atoms in total. The van der Waals surface area contributed by atoms with Crippen LogP contribution in [0, 0.1) is 0 Å². The first-order valence-electron chi connectivity index (χ1n) is 22.1. The van der Waals surface area contributed by atoms with Gasteiger partial charge < -0.3 is 15.5 Å². The molecule has 3 N–H and O–H groups in total. The quantitative estimate of drug-likeness (QED) is 0.0435. The van der Waals surface area contributed by atoms with Gasteiger partial charge in [-0.05, 0) is 83.5 Å². The number of amides is 1. The van der Waals surface area contributed by atoms with Crippen LogP contribution in [-0.2, 0) is 4.79 Å². The smallest absolute Gasteiger partial charge is 0.220 e. The Kier molecular flexibility index (Phi) is 42.0. The van der Waals surface area contributed by atoms with Gasteiger partial charge in [0.05, 0.1) is 18.8 Å². The first-order chi connectivity index (χ1) is 26.7. The van der Waals surface area contributed by atoms with Crippen LogP contribution < -0.4 is 5.32 Å². The van der Waals surface area contributed by atoms with Crippen LogP contribution in [0.3, 0.4) is 0 Å². The first-order valence-corrected chi connectivity index (χ1v) is 22.1. The molecule has 0 radical (unpaired) electrons. The van der Waals surface area contributed by atoms with Crippen molar-refractivity contribution in [2.45, 2.75) is 193 Å². The minimum Gasteiger partial charge on any atom is -0.394 e. The van der Waals surface area contributed by atoms with Crippen molar-refractivity contribution in [3.63, 3.8) is 0 Å². The maximum atomic E-state index is 12.4. The minimum absolute atomic E-state index is 0.0861. The lowest BCUT2D eigenvalue weighted by molar-refractivity contribution is -0.123. The zero-order valence-corrected chi connectivity index (χ0v) is 34.9. The van der Waals surface area contributed by atoms with Crippen LogP contribution in [0.15, 0.2) is 109 Å². The van der Waals surface area contributed by atoms with Gasteiger partial charge in [0.25, 0.3) is 0 Å². The van der Waals surface area contributed by atoms with Crippen molar-refractivity contribution < 1.29 is 15.0 Å². The van der Waals surface area contributed by atoms with E-state index in [9.17, 15) is 15.0 Å². The van der Waals surface area contributed by atoms with Crippen molar-refractivity contribution in [3.8, 4) is 0 Å². The van der Waals surface area contributed by atoms with Gasteiger partial charge in [-0.25, -0.2) is 0 Å². The first kappa shape index (κ1) is 51.0. The van der Waals surface area contributed by atoms with Crippen LogP contribution in [0.5, 0.6) is 0 Å². The number of hydrogen-bond acceptors (Lipinski definition) is 3. The molecule has 0 heterocycles. The topological polar surface area (TPSA) is 69.6 Å². The Morgan fingerprint density at radius 1 is 0.463 bits per heavy atom. The van der Waals surface area contributed by atoms with Crippen molar-refractivity contribution in [3.05, 3.63) is 109 Å². The van der Waals surface area contributed by atoms with E-state index in [1.165, 1.54) is 70.6 Å². The maximum absolute atomic E-state index is 12.4. The molecule has 306 valence electrons. The highest BCUT2D eigenvalue weighted by atomic mass is 16.3. The summed E-state index contributed by atoms with van der Waals surface area (Å²) in [7, 11) is 0. The Bertz CT molecular complexity index is 1070. The summed E-state index contributed by atoms with van der Waals surface area (Å²) in [6.45, 7) is 4.15. The van der Waals surface area contributed by atoms with Gasteiger partial charge in [-0.2, -0.15) is 0 Å². The second-order valence-electron chi connectivity index (χ2n) is 14.4. The Morgan fingerprint density at radius 3 is 1.22 bits per heavy atom. The summed E-state index contributed by atoms with van der Waals surface area (Å²) in [4.78, 5) is 12.4. The number of carbonyl (C=O) groups excluding carboxylic acids is 1. The Morgan fingerprint density at radius 2 is 0.815 bits per heavy atom. The Labute approximate surface area is 334 Å². The van der Waals surface area contributed by atoms with E-state index >= 15 is 0 Å². The third-order valence-electron chi connectivity index (χ3n) is 9.26. The predicted octanol–water partition coefficient (Wildman–Crippen LogP) is 14.0. The zero-order valence-electron chi connectivity index (χ0n) is 34.9. The molecule has 0 saturated carbocycles. The van der Waals surface area contributed by atoms with Gasteiger partial charge in [-0.15, -0.1) is 0 Å². The fourth-order valence-corrected chi connectivity index (χ4v) is 5.90. The van der Waals surface area contributed by atoms with E-state index in [4.69, 9.17) is 0 Å². The molecule has 0 bridgehead atoms. The molecule has 2 unspecified atom stereocenters. The average molecular weight is 746 g/mol. The van der Waals surface area contributed by atoms with Gasteiger partial charge in [-0.3, -0.25) is 4.79 Å². The molecule has 0 aromatic heterocycles. The summed E-state index contributed by atoms with van der Waals surface area (Å²) in [5.41, 5.74) is 0. The number of carbonyl (C=O) groups is 1. The minimum atomic E-state index is -0.851. The number of allylic oxidation sites excluding steroid dienone is 17. The SMILES string of the molecule is CC/C=C\C/C=C\C/C=C\C/C=C\C/C=C\C/C=C\C/C=C\C/C=C\CCCCCCCCC(=O)NC(CO)C(O)/C=C/CCCCCCCCCCC. The molecular weight excluding hydrogens is 663 g/mol. The van der Waals surface area contributed by atoms with Crippen molar-refractivity contribution in [1.82, 2.24) is 5.32 Å². The van der Waals surface area contributed by atoms with E-state index < -0.39 is 12.1 Å². The molecule has 0 fully saturated rings. The standard InChI is InChI=1S/C50H83NO3/c1-3-5-7-9-11-13-15-16-17-18-19-20-21-22-23-24-25-26-27-28-29-30-31-32-33-34-36-38-40-42-44-46-50(54)51-48(47-52)49(53)45-43-41-39-37-35-14-12-10-8-6-4-2/h5,7,11,13,16-17,19-20,22-23,25-26,28-29,31-32,43,45,48-49,52-53H,3-4,6,8-10,12,14-15,18,21,24,27,30,33-42,44,46-47H2,1-2H3,(H,51,54)/b7-5-,13-11-,17-16-,20-19-,23-22-,26-25-,29-28-,32-31-,45-43+. The van der Waals surface area contributed by atoms with Crippen molar-refractivity contribution in [2.75, 3.05) is 6.61 Å². The lowest BCUT2D eigenvalue weighted by atomic mass is 10.1. The molecule has 0 saturated heterocycles. The van der Waals surface area contributed by atoms with Crippen LogP contribution in [0.2, 0.25) is 0 Å². The second kappa shape index (κ2) is 44.4. The molecule has 0 aliphatic carbocycles. The number of nitrogens with one attached hydrogen (secondary N) is 1. The summed E-state index contributed by atoms with van der Waals surface area (Å²) < 4.78 is 0. The lowest BCUT2D eigenvalue weighted by Crippen LogP contribution is -2.45. The van der Waals surface area contributed by atoms with Gasteiger partial charge >= 0.3 is 0 Å². The highest BCUT2D eigenvalue weighted by molar-refractivity contribution is 5.76. The van der Waals surface area contributed by atoms with Crippen molar-refractivity contribution in [2.24, 2.45) is 0 Å². The second-order valence-corrected chi connectivity index (χ2v) is 14.4. The van der Waals surface area contributed by atoms with Crippen LogP contribution in [0.25, 0.3) is 0 Å². The number of rotatable bonds is 38. The third kappa shape index (κ3) is 40.2.